The number of carbonyl (C=O) groups excluding carboxylic acids is 1. The summed E-state index contributed by atoms with van der Waals surface area (Å²) in [6, 6.07) is 13.3. The highest BCUT2D eigenvalue weighted by Gasteiger charge is 2.28. The van der Waals surface area contributed by atoms with Crippen molar-refractivity contribution in [2.45, 2.75) is 26.3 Å². The molecule has 0 spiro atoms. The molecule has 4 rings (SSSR count). The lowest BCUT2D eigenvalue weighted by Crippen LogP contribution is -2.29. The van der Waals surface area contributed by atoms with E-state index in [1.54, 1.807) is 4.68 Å². The number of nitrogens with one attached hydrogen (secondary N) is 1. The summed E-state index contributed by atoms with van der Waals surface area (Å²) in [7, 11) is 0. The summed E-state index contributed by atoms with van der Waals surface area (Å²) in [4.78, 5) is 16.1. The van der Waals surface area contributed by atoms with Gasteiger partial charge in [0.25, 0.3) is 0 Å². The first-order chi connectivity index (χ1) is 14.7. The molecular formula is C22H24N4O4. The van der Waals surface area contributed by atoms with Crippen molar-refractivity contribution in [1.82, 2.24) is 14.8 Å². The first-order valence-corrected chi connectivity index (χ1v) is 9.93. The van der Waals surface area contributed by atoms with Crippen LogP contribution in [-0.2, 0) is 4.79 Å². The lowest BCUT2D eigenvalue weighted by atomic mass is 10.0. The van der Waals surface area contributed by atoms with Crippen molar-refractivity contribution in [2.24, 2.45) is 0 Å². The quantitative estimate of drug-likeness (QED) is 0.575. The third-order valence-corrected chi connectivity index (χ3v) is 4.84. The first-order valence-electron chi connectivity index (χ1n) is 9.93. The summed E-state index contributed by atoms with van der Waals surface area (Å²) in [5.41, 5.74) is 1.99. The maximum absolute atomic E-state index is 12.0. The van der Waals surface area contributed by atoms with Crippen LogP contribution in [0.25, 0.3) is 0 Å². The van der Waals surface area contributed by atoms with Crippen LogP contribution in [0.5, 0.6) is 17.2 Å². The van der Waals surface area contributed by atoms with E-state index in [0.29, 0.717) is 37.3 Å². The van der Waals surface area contributed by atoms with Gasteiger partial charge in [0, 0.05) is 0 Å². The van der Waals surface area contributed by atoms with Gasteiger partial charge in [-0.25, -0.2) is 4.68 Å². The van der Waals surface area contributed by atoms with E-state index >= 15 is 0 Å². The van der Waals surface area contributed by atoms with Crippen LogP contribution in [0.15, 0.2) is 48.8 Å². The molecule has 0 saturated heterocycles. The van der Waals surface area contributed by atoms with Gasteiger partial charge in [0.2, 0.25) is 11.9 Å². The molecule has 1 atom stereocenters. The minimum absolute atomic E-state index is 0.0906. The van der Waals surface area contributed by atoms with Gasteiger partial charge >= 0.3 is 0 Å². The van der Waals surface area contributed by atoms with E-state index in [1.807, 2.05) is 56.3 Å². The summed E-state index contributed by atoms with van der Waals surface area (Å²) >= 11 is 0. The van der Waals surface area contributed by atoms with Crippen molar-refractivity contribution < 1.29 is 19.0 Å². The van der Waals surface area contributed by atoms with E-state index < -0.39 is 0 Å². The predicted octanol–water partition coefficient (Wildman–Crippen LogP) is 3.37. The number of ether oxygens (including phenoxy) is 3. The van der Waals surface area contributed by atoms with Crippen molar-refractivity contribution in [2.75, 3.05) is 25.1 Å². The molecule has 2 aromatic carbocycles. The second-order valence-electron chi connectivity index (χ2n) is 6.90. The van der Waals surface area contributed by atoms with E-state index in [2.05, 4.69) is 15.4 Å². The van der Waals surface area contributed by atoms with Crippen LogP contribution in [0.1, 0.15) is 30.5 Å². The number of nitrogens with zero attached hydrogens (tertiary/aromatic N) is 3. The molecule has 1 aliphatic heterocycles. The topological polar surface area (TPSA) is 87.5 Å². The lowest BCUT2D eigenvalue weighted by molar-refractivity contribution is -0.117. The molecule has 0 fully saturated rings. The normalized spacial score (nSPS) is 15.3. The molecule has 8 heteroatoms. The molecule has 0 bridgehead atoms. The second kappa shape index (κ2) is 8.86. The number of fused-ring (bicyclic) bond motifs is 1. The molecule has 30 heavy (non-hydrogen) atoms. The average Bonchev–Trinajstić information content (AvgIpc) is 3.21. The number of rotatable bonds is 8. The number of hydrogen-bond acceptors (Lipinski definition) is 6. The van der Waals surface area contributed by atoms with Crippen LogP contribution >= 0.6 is 0 Å². The third-order valence-electron chi connectivity index (χ3n) is 4.84. The smallest absolute Gasteiger partial charge is 0.229 e. The van der Waals surface area contributed by atoms with Crippen molar-refractivity contribution in [3.63, 3.8) is 0 Å². The SMILES string of the molecule is CCOc1cc([C@@H]2CC(=O)Nc3ncnn32)ccc1OCCOc1ccccc1C. The summed E-state index contributed by atoms with van der Waals surface area (Å²) in [5.74, 6) is 2.46. The molecule has 0 radical (unpaired) electrons. The van der Waals surface area contributed by atoms with E-state index in [9.17, 15) is 4.79 Å². The molecule has 0 aliphatic carbocycles. The van der Waals surface area contributed by atoms with Crippen LogP contribution in [0.2, 0.25) is 0 Å². The Hall–Kier alpha value is -3.55. The fourth-order valence-corrected chi connectivity index (χ4v) is 3.41. The summed E-state index contributed by atoms with van der Waals surface area (Å²) < 4.78 is 19.2. The zero-order valence-corrected chi connectivity index (χ0v) is 17.0. The lowest BCUT2D eigenvalue weighted by Gasteiger charge is -2.24. The molecule has 1 amide bonds. The number of amides is 1. The van der Waals surface area contributed by atoms with Gasteiger partial charge in [0.1, 0.15) is 25.3 Å². The van der Waals surface area contributed by atoms with Crippen molar-refractivity contribution in [1.29, 1.82) is 0 Å². The van der Waals surface area contributed by atoms with Gasteiger partial charge < -0.3 is 14.2 Å². The van der Waals surface area contributed by atoms with Gasteiger partial charge in [0.15, 0.2) is 11.5 Å². The molecule has 1 aliphatic rings. The maximum Gasteiger partial charge on any atom is 0.229 e. The van der Waals surface area contributed by atoms with Crippen LogP contribution < -0.4 is 19.5 Å². The van der Waals surface area contributed by atoms with Gasteiger partial charge in [-0.1, -0.05) is 24.3 Å². The van der Waals surface area contributed by atoms with Gasteiger partial charge in [-0.2, -0.15) is 10.1 Å². The summed E-state index contributed by atoms with van der Waals surface area (Å²) in [6.07, 6.45) is 1.72. The first kappa shape index (κ1) is 19.8. The van der Waals surface area contributed by atoms with Crippen LogP contribution in [0.3, 0.4) is 0 Å². The Kier molecular flexibility index (Phi) is 5.83. The van der Waals surface area contributed by atoms with E-state index in [1.165, 1.54) is 6.33 Å². The predicted molar refractivity (Wildman–Crippen MR) is 111 cm³/mol. The number of anilines is 1. The third kappa shape index (κ3) is 4.22. The Morgan fingerprint density at radius 3 is 2.67 bits per heavy atom. The van der Waals surface area contributed by atoms with Gasteiger partial charge in [-0.3, -0.25) is 10.1 Å². The van der Waals surface area contributed by atoms with E-state index in [0.717, 1.165) is 16.9 Å². The fraction of sp³-hybridized carbons (Fsp3) is 0.318. The molecule has 1 aromatic heterocycles. The minimum Gasteiger partial charge on any atom is -0.490 e. The highest BCUT2D eigenvalue weighted by atomic mass is 16.5. The van der Waals surface area contributed by atoms with Gasteiger partial charge in [-0.05, 0) is 43.2 Å². The van der Waals surface area contributed by atoms with E-state index in [-0.39, 0.29) is 18.4 Å². The number of aryl methyl sites for hydroxylation is 1. The zero-order valence-electron chi connectivity index (χ0n) is 17.0. The van der Waals surface area contributed by atoms with Crippen molar-refractivity contribution in [3.05, 3.63) is 59.9 Å². The number of aromatic nitrogens is 3. The Morgan fingerprint density at radius 2 is 1.87 bits per heavy atom. The fourth-order valence-electron chi connectivity index (χ4n) is 3.41. The largest absolute Gasteiger partial charge is 0.490 e. The van der Waals surface area contributed by atoms with Crippen LogP contribution in [0.4, 0.5) is 5.95 Å². The maximum atomic E-state index is 12.0. The minimum atomic E-state index is -0.242. The molecule has 0 unspecified atom stereocenters. The molecular weight excluding hydrogens is 384 g/mol. The standard InChI is InChI=1S/C22H24N4O4/c1-3-28-20-12-16(17-13-21(27)25-22-23-14-24-26(17)22)8-9-19(20)30-11-10-29-18-7-5-4-6-15(18)2/h4-9,12,14,17H,3,10-11,13H2,1-2H3,(H,23,24,25,27)/t17-/m0/s1. The zero-order chi connectivity index (χ0) is 20.9. The monoisotopic (exact) mass is 408 g/mol. The molecule has 1 N–H and O–H groups in total. The molecule has 2 heterocycles. The summed E-state index contributed by atoms with van der Waals surface area (Å²) in [6.45, 7) is 5.23. The van der Waals surface area contributed by atoms with Crippen LogP contribution in [-0.4, -0.2) is 40.5 Å². The van der Waals surface area contributed by atoms with Crippen LogP contribution in [0, 0.1) is 6.92 Å². The highest BCUT2D eigenvalue weighted by molar-refractivity contribution is 5.91. The van der Waals surface area contributed by atoms with Gasteiger partial charge in [-0.15, -0.1) is 0 Å². The number of para-hydroxylation sites is 1. The Balaban J connectivity index is 1.46. The number of benzene rings is 2. The number of carbonyl (C=O) groups is 1. The molecule has 8 nitrogen and oxygen atoms in total. The number of hydrogen-bond donors (Lipinski definition) is 1. The summed E-state index contributed by atoms with van der Waals surface area (Å²) in [5, 5.41) is 6.97. The molecule has 156 valence electrons. The van der Waals surface area contributed by atoms with E-state index in [4.69, 9.17) is 14.2 Å². The molecule has 3 aromatic rings. The Labute approximate surface area is 174 Å². The second-order valence-corrected chi connectivity index (χ2v) is 6.90. The Morgan fingerprint density at radius 1 is 1.07 bits per heavy atom. The Bertz CT molecular complexity index is 1030. The van der Waals surface area contributed by atoms with Gasteiger partial charge in [0.05, 0.1) is 19.1 Å². The average molecular weight is 408 g/mol. The highest BCUT2D eigenvalue weighted by Crippen LogP contribution is 2.35. The molecule has 0 saturated carbocycles. The van der Waals surface area contributed by atoms with Crippen molar-refractivity contribution in [3.8, 4) is 17.2 Å². The van der Waals surface area contributed by atoms with Crippen molar-refractivity contribution >= 4 is 11.9 Å².